The monoisotopic (exact) mass is 312 g/mol. The van der Waals surface area contributed by atoms with Crippen LogP contribution in [0.25, 0.3) is 10.9 Å². The summed E-state index contributed by atoms with van der Waals surface area (Å²) in [6.07, 6.45) is 1.70. The summed E-state index contributed by atoms with van der Waals surface area (Å²) in [5.74, 6) is 0.427. The van der Waals surface area contributed by atoms with Gasteiger partial charge in [0.25, 0.3) is 5.56 Å². The molecule has 0 bridgehead atoms. The molecule has 0 spiro atoms. The second-order valence-corrected chi connectivity index (χ2v) is 7.46. The molecule has 0 unspecified atom stereocenters. The highest BCUT2D eigenvalue weighted by Crippen LogP contribution is 2.29. The van der Waals surface area contributed by atoms with Gasteiger partial charge in [-0.25, -0.2) is 0 Å². The second-order valence-electron chi connectivity index (χ2n) is 7.46. The van der Waals surface area contributed by atoms with Crippen LogP contribution in [0.2, 0.25) is 0 Å². The predicted octanol–water partition coefficient (Wildman–Crippen LogP) is 3.28. The maximum Gasteiger partial charge on any atom is 0.251 e. The Hall–Kier alpha value is -2.10. The first-order valence-corrected chi connectivity index (χ1v) is 8.27. The lowest BCUT2D eigenvalue weighted by molar-refractivity contribution is -0.140. The number of H-pyrrole nitrogens is 1. The quantitative estimate of drug-likeness (QED) is 0.878. The van der Waals surface area contributed by atoms with Crippen LogP contribution in [-0.4, -0.2) is 28.9 Å². The predicted molar refractivity (Wildman–Crippen MR) is 92.6 cm³/mol. The van der Waals surface area contributed by atoms with Gasteiger partial charge in [-0.2, -0.15) is 0 Å². The van der Waals surface area contributed by atoms with Crippen molar-refractivity contribution < 1.29 is 4.79 Å². The van der Waals surface area contributed by atoms with Gasteiger partial charge in [-0.15, -0.1) is 0 Å². The highest BCUT2D eigenvalue weighted by Gasteiger charge is 2.31. The number of piperidine rings is 1. The lowest BCUT2D eigenvalue weighted by Crippen LogP contribution is -2.44. The molecule has 0 aliphatic carbocycles. The topological polar surface area (TPSA) is 53.2 Å². The van der Waals surface area contributed by atoms with E-state index in [0.29, 0.717) is 0 Å². The number of benzene rings is 1. The van der Waals surface area contributed by atoms with E-state index in [1.807, 2.05) is 56.0 Å². The van der Waals surface area contributed by atoms with E-state index in [9.17, 15) is 9.59 Å². The molecule has 4 heteroatoms. The summed E-state index contributed by atoms with van der Waals surface area (Å²) in [5.41, 5.74) is 1.39. The molecule has 122 valence electrons. The van der Waals surface area contributed by atoms with Crippen LogP contribution in [-0.2, 0) is 4.79 Å². The average Bonchev–Trinajstić information content (AvgIpc) is 2.53. The van der Waals surface area contributed by atoms with Gasteiger partial charge in [-0.1, -0.05) is 39.0 Å². The van der Waals surface area contributed by atoms with E-state index in [4.69, 9.17) is 0 Å². The minimum absolute atomic E-state index is 0.00398. The molecule has 2 aromatic rings. The van der Waals surface area contributed by atoms with E-state index in [-0.39, 0.29) is 22.8 Å². The molecule has 4 nitrogen and oxygen atoms in total. The molecule has 3 rings (SSSR count). The molecule has 1 aromatic carbocycles. The Kier molecular flexibility index (Phi) is 4.00. The van der Waals surface area contributed by atoms with Gasteiger partial charge >= 0.3 is 0 Å². The van der Waals surface area contributed by atoms with Crippen molar-refractivity contribution in [3.63, 3.8) is 0 Å². The fourth-order valence-electron chi connectivity index (χ4n) is 3.34. The molecular formula is C19H24N2O2. The molecule has 1 saturated heterocycles. The molecule has 2 heterocycles. The Bertz CT molecular complexity index is 778. The highest BCUT2D eigenvalue weighted by molar-refractivity contribution is 5.81. The Labute approximate surface area is 136 Å². The van der Waals surface area contributed by atoms with Crippen LogP contribution in [0.1, 0.15) is 45.1 Å². The zero-order chi connectivity index (χ0) is 16.6. The number of rotatable bonds is 1. The lowest BCUT2D eigenvalue weighted by atomic mass is 9.87. The van der Waals surface area contributed by atoms with E-state index >= 15 is 0 Å². The van der Waals surface area contributed by atoms with Crippen molar-refractivity contribution in [2.24, 2.45) is 5.41 Å². The van der Waals surface area contributed by atoms with Gasteiger partial charge in [0.2, 0.25) is 5.91 Å². The van der Waals surface area contributed by atoms with Gasteiger partial charge in [-0.3, -0.25) is 9.59 Å². The minimum atomic E-state index is -0.340. The van der Waals surface area contributed by atoms with Gasteiger partial charge in [0.05, 0.1) is 0 Å². The van der Waals surface area contributed by atoms with Crippen molar-refractivity contribution >= 4 is 16.8 Å². The van der Waals surface area contributed by atoms with Crippen LogP contribution in [0.4, 0.5) is 0 Å². The first-order valence-electron chi connectivity index (χ1n) is 8.27. The van der Waals surface area contributed by atoms with Gasteiger partial charge in [0.1, 0.15) is 0 Å². The number of carbonyl (C=O) groups is 1. The van der Waals surface area contributed by atoms with Crippen LogP contribution in [0.5, 0.6) is 0 Å². The number of nitrogens with one attached hydrogen (secondary N) is 1. The van der Waals surface area contributed by atoms with Crippen molar-refractivity contribution in [1.82, 2.24) is 9.88 Å². The van der Waals surface area contributed by atoms with Crippen molar-refractivity contribution in [2.75, 3.05) is 13.1 Å². The van der Waals surface area contributed by atoms with Crippen molar-refractivity contribution in [3.8, 4) is 0 Å². The number of amides is 1. The first-order chi connectivity index (χ1) is 10.9. The maximum absolute atomic E-state index is 12.4. The van der Waals surface area contributed by atoms with Crippen LogP contribution in [0.3, 0.4) is 0 Å². The van der Waals surface area contributed by atoms with Crippen molar-refractivity contribution in [1.29, 1.82) is 0 Å². The largest absolute Gasteiger partial charge is 0.342 e. The number of para-hydroxylation sites is 1. The second kappa shape index (κ2) is 5.84. The third-order valence-corrected chi connectivity index (χ3v) is 4.65. The number of nitrogens with zero attached hydrogens (tertiary/aromatic N) is 1. The first kappa shape index (κ1) is 15.8. The van der Waals surface area contributed by atoms with Crippen molar-refractivity contribution in [3.05, 3.63) is 46.2 Å². The molecule has 0 atom stereocenters. The van der Waals surface area contributed by atoms with Crippen molar-refractivity contribution in [2.45, 2.75) is 39.5 Å². The Morgan fingerprint density at radius 3 is 2.48 bits per heavy atom. The number of fused-ring (bicyclic) bond motifs is 1. The van der Waals surface area contributed by atoms with Gasteiger partial charge < -0.3 is 9.88 Å². The fraction of sp³-hybridized carbons (Fsp3) is 0.474. The molecule has 1 aromatic heterocycles. The summed E-state index contributed by atoms with van der Waals surface area (Å²) in [6.45, 7) is 7.32. The number of hydrogen-bond acceptors (Lipinski definition) is 2. The SMILES string of the molecule is CC(C)(C)C(=O)N1CCC(c2cc3ccccc3[nH]c2=O)CC1. The number of carbonyl (C=O) groups excluding carboxylic acids is 1. The van der Waals surface area contributed by atoms with E-state index in [1.54, 1.807) is 0 Å². The summed E-state index contributed by atoms with van der Waals surface area (Å²) >= 11 is 0. The zero-order valence-electron chi connectivity index (χ0n) is 14.1. The molecule has 0 saturated carbocycles. The van der Waals surface area contributed by atoms with E-state index in [2.05, 4.69) is 4.98 Å². The molecule has 1 amide bonds. The maximum atomic E-state index is 12.4. The Morgan fingerprint density at radius 2 is 1.83 bits per heavy atom. The summed E-state index contributed by atoms with van der Waals surface area (Å²) in [7, 11) is 0. The zero-order valence-corrected chi connectivity index (χ0v) is 14.1. The fourth-order valence-corrected chi connectivity index (χ4v) is 3.34. The number of hydrogen-bond donors (Lipinski definition) is 1. The van der Waals surface area contributed by atoms with Gasteiger partial charge in [0.15, 0.2) is 0 Å². The Morgan fingerprint density at radius 1 is 1.17 bits per heavy atom. The Balaban J connectivity index is 1.79. The highest BCUT2D eigenvalue weighted by atomic mass is 16.2. The third kappa shape index (κ3) is 3.16. The van der Waals surface area contributed by atoms with Gasteiger partial charge in [0, 0.05) is 29.6 Å². The summed E-state index contributed by atoms with van der Waals surface area (Å²) in [6, 6.07) is 9.86. The summed E-state index contributed by atoms with van der Waals surface area (Å²) in [5, 5.41) is 1.07. The van der Waals surface area contributed by atoms with Crippen LogP contribution in [0, 0.1) is 5.41 Å². The van der Waals surface area contributed by atoms with Crippen LogP contribution < -0.4 is 5.56 Å². The average molecular weight is 312 g/mol. The molecular weight excluding hydrogens is 288 g/mol. The lowest BCUT2D eigenvalue weighted by Gasteiger charge is -2.35. The normalized spacial score (nSPS) is 16.7. The smallest absolute Gasteiger partial charge is 0.251 e. The summed E-state index contributed by atoms with van der Waals surface area (Å²) < 4.78 is 0. The number of aromatic nitrogens is 1. The molecule has 1 aliphatic heterocycles. The number of pyridine rings is 1. The van der Waals surface area contributed by atoms with E-state index in [0.717, 1.165) is 42.4 Å². The number of aromatic amines is 1. The van der Waals surface area contributed by atoms with Crippen LogP contribution >= 0.6 is 0 Å². The van der Waals surface area contributed by atoms with E-state index < -0.39 is 0 Å². The molecule has 1 N–H and O–H groups in total. The summed E-state index contributed by atoms with van der Waals surface area (Å²) in [4.78, 5) is 29.6. The standard InChI is InChI=1S/C19H24N2O2/c1-19(2,3)18(23)21-10-8-13(9-11-21)15-12-14-6-4-5-7-16(14)20-17(15)22/h4-7,12-13H,8-11H2,1-3H3,(H,20,22). The van der Waals surface area contributed by atoms with Crippen LogP contribution in [0.15, 0.2) is 35.1 Å². The molecule has 0 radical (unpaired) electrons. The molecule has 1 aliphatic rings. The third-order valence-electron chi connectivity index (χ3n) is 4.65. The molecule has 23 heavy (non-hydrogen) atoms. The van der Waals surface area contributed by atoms with Gasteiger partial charge in [-0.05, 0) is 36.3 Å². The van der Waals surface area contributed by atoms with E-state index in [1.165, 1.54) is 0 Å². The number of likely N-dealkylation sites (tertiary alicyclic amines) is 1. The molecule has 1 fully saturated rings. The minimum Gasteiger partial charge on any atom is -0.342 e.